The molecule has 3 aromatic rings. The Labute approximate surface area is 225 Å². The van der Waals surface area contributed by atoms with Gasteiger partial charge in [-0.15, -0.1) is 0 Å². The first-order valence-corrected chi connectivity index (χ1v) is 11.4. The molecule has 0 spiro atoms. The van der Waals surface area contributed by atoms with Gasteiger partial charge in [-0.25, -0.2) is 0 Å². The van der Waals surface area contributed by atoms with E-state index in [-0.39, 0.29) is 28.5 Å². The van der Waals surface area contributed by atoms with E-state index in [1.807, 2.05) is 0 Å². The minimum absolute atomic E-state index is 0.0512. The van der Waals surface area contributed by atoms with E-state index in [0.717, 1.165) is 11.6 Å². The van der Waals surface area contributed by atoms with Crippen LogP contribution in [0.25, 0.3) is 12.2 Å². The first-order valence-electron chi connectivity index (χ1n) is 11.4. The van der Waals surface area contributed by atoms with Gasteiger partial charge in [0.2, 0.25) is 5.75 Å². The molecule has 0 radical (unpaired) electrons. The number of phenolic OH excluding ortho intramolecular Hbond substituents is 1. The second kappa shape index (κ2) is 12.9. The number of ketones is 1. The third-order valence-corrected chi connectivity index (χ3v) is 5.58. The van der Waals surface area contributed by atoms with Crippen molar-refractivity contribution in [1.29, 1.82) is 0 Å². The van der Waals surface area contributed by atoms with Gasteiger partial charge in [-0.3, -0.25) is 14.9 Å². The van der Waals surface area contributed by atoms with Crippen molar-refractivity contribution in [3.63, 3.8) is 0 Å². The fraction of sp³-hybridized carbons (Fsp3) is 0.179. The molecule has 0 saturated heterocycles. The molecule has 0 heterocycles. The highest BCUT2D eigenvalue weighted by molar-refractivity contribution is 6.05. The number of ether oxygens (including phenoxy) is 5. The van der Waals surface area contributed by atoms with Crippen LogP contribution in [0.1, 0.15) is 21.5 Å². The average Bonchev–Trinajstić information content (AvgIpc) is 2.94. The number of nitrogens with one attached hydrogen (secondary N) is 1. The van der Waals surface area contributed by atoms with Crippen molar-refractivity contribution in [3.8, 4) is 34.5 Å². The van der Waals surface area contributed by atoms with Crippen LogP contribution in [0.15, 0.2) is 54.7 Å². The lowest BCUT2D eigenvalue weighted by atomic mass is 10.1. The van der Waals surface area contributed by atoms with Crippen LogP contribution >= 0.6 is 0 Å². The summed E-state index contributed by atoms with van der Waals surface area (Å²) in [5.41, 5.74) is 1.55. The molecule has 0 unspecified atom stereocenters. The molecule has 0 aliphatic carbocycles. The molecule has 11 heteroatoms. The molecule has 0 aromatic heterocycles. The van der Waals surface area contributed by atoms with Crippen molar-refractivity contribution < 1.29 is 38.5 Å². The van der Waals surface area contributed by atoms with Crippen LogP contribution in [-0.4, -0.2) is 51.4 Å². The maximum atomic E-state index is 12.6. The zero-order chi connectivity index (χ0) is 28.5. The smallest absolute Gasteiger partial charge is 0.311 e. The molecule has 0 atom stereocenters. The lowest BCUT2D eigenvalue weighted by Gasteiger charge is -2.13. The van der Waals surface area contributed by atoms with Crippen LogP contribution < -0.4 is 29.0 Å². The third-order valence-electron chi connectivity index (χ3n) is 5.58. The number of rotatable bonds is 12. The number of carbonyl (C=O) groups is 1. The third kappa shape index (κ3) is 6.58. The lowest BCUT2D eigenvalue weighted by molar-refractivity contribution is -0.385. The number of phenols is 1. The number of nitrogens with zero attached hydrogens (tertiary/aromatic N) is 1. The Morgan fingerprint density at radius 3 is 1.95 bits per heavy atom. The Hall–Kier alpha value is -5.19. The summed E-state index contributed by atoms with van der Waals surface area (Å²) in [5, 5.41) is 24.7. The largest absolute Gasteiger partial charge is 0.504 e. The monoisotopic (exact) mass is 536 g/mol. The first-order chi connectivity index (χ1) is 18.8. The fourth-order valence-electron chi connectivity index (χ4n) is 3.73. The number of aromatic hydroxyl groups is 1. The van der Waals surface area contributed by atoms with E-state index >= 15 is 0 Å². The molecule has 11 nitrogen and oxygen atoms in total. The maximum Gasteiger partial charge on any atom is 0.311 e. The Morgan fingerprint density at radius 2 is 1.41 bits per heavy atom. The Morgan fingerprint density at radius 1 is 0.821 bits per heavy atom. The van der Waals surface area contributed by atoms with Crippen molar-refractivity contribution in [2.75, 3.05) is 40.9 Å². The molecule has 0 amide bonds. The average molecular weight is 537 g/mol. The van der Waals surface area contributed by atoms with Gasteiger partial charge in [0.05, 0.1) is 46.2 Å². The second-order valence-corrected chi connectivity index (χ2v) is 7.90. The number of nitro benzene ring substituents is 1. The van der Waals surface area contributed by atoms with E-state index in [1.54, 1.807) is 30.4 Å². The Balaban J connectivity index is 1.86. The number of hydrogen-bond donors (Lipinski definition) is 2. The normalized spacial score (nSPS) is 10.9. The lowest BCUT2D eigenvalue weighted by Crippen LogP contribution is -2.00. The topological polar surface area (TPSA) is 139 Å². The van der Waals surface area contributed by atoms with E-state index in [4.69, 9.17) is 23.7 Å². The summed E-state index contributed by atoms with van der Waals surface area (Å²) in [4.78, 5) is 23.2. The molecule has 0 aliphatic rings. The maximum absolute atomic E-state index is 12.6. The highest BCUT2D eigenvalue weighted by atomic mass is 16.6. The summed E-state index contributed by atoms with van der Waals surface area (Å²) >= 11 is 0. The molecule has 0 saturated carbocycles. The van der Waals surface area contributed by atoms with Gasteiger partial charge >= 0.3 is 5.69 Å². The fourth-order valence-corrected chi connectivity index (χ4v) is 3.73. The van der Waals surface area contributed by atoms with E-state index in [0.29, 0.717) is 28.5 Å². The van der Waals surface area contributed by atoms with Gasteiger partial charge in [-0.05, 0) is 47.5 Å². The molecular weight excluding hydrogens is 508 g/mol. The zero-order valence-electron chi connectivity index (χ0n) is 22.0. The van der Waals surface area contributed by atoms with Crippen LogP contribution in [0.5, 0.6) is 34.5 Å². The molecule has 3 aromatic carbocycles. The highest BCUT2D eigenvalue weighted by Gasteiger charge is 2.17. The SMILES string of the molecule is COc1ccc(C(=O)C=CNc2cc(C=Cc3cc(OC)c(OC)c(OC)c3)cc(O)c2OC)cc1[N+](=O)[O-]. The number of nitro groups is 1. The van der Waals surface area contributed by atoms with Crippen molar-refractivity contribution in [1.82, 2.24) is 0 Å². The minimum Gasteiger partial charge on any atom is -0.504 e. The van der Waals surface area contributed by atoms with Gasteiger partial charge in [0.25, 0.3) is 0 Å². The van der Waals surface area contributed by atoms with Crippen LogP contribution in [0.2, 0.25) is 0 Å². The van der Waals surface area contributed by atoms with Gasteiger partial charge < -0.3 is 34.1 Å². The van der Waals surface area contributed by atoms with Crippen molar-refractivity contribution in [2.45, 2.75) is 0 Å². The molecule has 0 aliphatic heterocycles. The van der Waals surface area contributed by atoms with E-state index in [9.17, 15) is 20.0 Å². The summed E-state index contributed by atoms with van der Waals surface area (Å²) in [6, 6.07) is 10.7. The summed E-state index contributed by atoms with van der Waals surface area (Å²) in [6.07, 6.45) is 6.12. The highest BCUT2D eigenvalue weighted by Crippen LogP contribution is 2.39. The second-order valence-electron chi connectivity index (χ2n) is 7.90. The number of methoxy groups -OCH3 is 5. The van der Waals surface area contributed by atoms with Crippen molar-refractivity contribution in [3.05, 3.63) is 81.5 Å². The molecule has 2 N–H and O–H groups in total. The number of hydrogen-bond acceptors (Lipinski definition) is 10. The van der Waals surface area contributed by atoms with Crippen LogP contribution in [0, 0.1) is 10.1 Å². The standard InChI is InChI=1S/C28H28N2O9/c1-35-24-9-8-19(16-21(24)30(33)34)22(31)10-11-29-20-12-17(13-23(32)27(20)38-4)6-7-18-14-25(36-2)28(39-5)26(15-18)37-3/h6-16,29,32H,1-5H3. The zero-order valence-corrected chi connectivity index (χ0v) is 22.0. The predicted octanol–water partition coefficient (Wildman–Crippen LogP) is 5.32. The Bertz CT molecular complexity index is 1410. The molecule has 0 bridgehead atoms. The van der Waals surface area contributed by atoms with Crippen LogP contribution in [0.4, 0.5) is 11.4 Å². The minimum atomic E-state index is -0.623. The van der Waals surface area contributed by atoms with Gasteiger partial charge in [-0.1, -0.05) is 12.2 Å². The van der Waals surface area contributed by atoms with E-state index in [1.165, 1.54) is 66.0 Å². The molecule has 204 valence electrons. The van der Waals surface area contributed by atoms with Crippen molar-refractivity contribution >= 4 is 29.3 Å². The summed E-state index contributed by atoms with van der Waals surface area (Å²) < 4.78 is 26.4. The number of allylic oxidation sites excluding steroid dienone is 1. The quantitative estimate of drug-likeness (QED) is 0.103. The number of carbonyl (C=O) groups excluding carboxylic acids is 1. The molecular formula is C28H28N2O9. The number of anilines is 1. The Kier molecular flexibility index (Phi) is 9.36. The van der Waals surface area contributed by atoms with Gasteiger partial charge in [0, 0.05) is 23.9 Å². The summed E-state index contributed by atoms with van der Waals surface area (Å²) in [5.74, 6) is 1.07. The molecule has 0 fully saturated rings. The van der Waals surface area contributed by atoms with Crippen molar-refractivity contribution in [2.24, 2.45) is 0 Å². The number of benzene rings is 3. The summed E-state index contributed by atoms with van der Waals surface area (Å²) in [6.45, 7) is 0. The molecule has 39 heavy (non-hydrogen) atoms. The summed E-state index contributed by atoms with van der Waals surface area (Å²) in [7, 11) is 7.28. The van der Waals surface area contributed by atoms with Crippen LogP contribution in [0.3, 0.4) is 0 Å². The first kappa shape index (κ1) is 28.4. The van der Waals surface area contributed by atoms with Gasteiger partial charge in [-0.2, -0.15) is 0 Å². The van der Waals surface area contributed by atoms with E-state index < -0.39 is 10.7 Å². The van der Waals surface area contributed by atoms with Gasteiger partial charge in [0.1, 0.15) is 0 Å². The van der Waals surface area contributed by atoms with E-state index in [2.05, 4.69) is 5.32 Å². The predicted molar refractivity (Wildman–Crippen MR) is 146 cm³/mol. The van der Waals surface area contributed by atoms with Crippen LogP contribution in [-0.2, 0) is 0 Å². The molecule has 3 rings (SSSR count). The van der Waals surface area contributed by atoms with Gasteiger partial charge in [0.15, 0.2) is 34.5 Å².